The number of esters is 1. The molecule has 1 aromatic carbocycles. The van der Waals surface area contributed by atoms with E-state index in [0.717, 1.165) is 0 Å². The lowest BCUT2D eigenvalue weighted by Gasteiger charge is -2.07. The Kier molecular flexibility index (Phi) is 5.67. The number of benzene rings is 1. The second kappa shape index (κ2) is 7.25. The molecule has 108 valence electrons. The van der Waals surface area contributed by atoms with E-state index in [9.17, 15) is 14.4 Å². The Morgan fingerprint density at radius 1 is 1.30 bits per heavy atom. The molecule has 1 aromatic rings. The van der Waals surface area contributed by atoms with Crippen molar-refractivity contribution < 1.29 is 24.2 Å². The maximum atomic E-state index is 11.5. The van der Waals surface area contributed by atoms with Gasteiger partial charge in [0.25, 0.3) is 0 Å². The Balaban J connectivity index is 2.46. The summed E-state index contributed by atoms with van der Waals surface area (Å²) in [7, 11) is 0. The van der Waals surface area contributed by atoms with Crippen molar-refractivity contribution in [3.05, 3.63) is 24.3 Å². The number of ether oxygens (including phenoxy) is 1. The minimum atomic E-state index is -1.16. The van der Waals surface area contributed by atoms with Crippen LogP contribution in [0.2, 0.25) is 0 Å². The normalized spacial score (nSPS) is 11.5. The van der Waals surface area contributed by atoms with Crippen LogP contribution in [0.1, 0.15) is 19.8 Å². The number of anilines is 1. The summed E-state index contributed by atoms with van der Waals surface area (Å²) in [5, 5.41) is 11.2. The molecule has 0 saturated heterocycles. The monoisotopic (exact) mass is 280 g/mol. The quantitative estimate of drug-likeness (QED) is 0.522. The highest BCUT2D eigenvalue weighted by Crippen LogP contribution is 2.16. The van der Waals surface area contributed by atoms with Crippen LogP contribution < -0.4 is 15.8 Å². The fourth-order valence-corrected chi connectivity index (χ4v) is 1.39. The number of carbonyl (C=O) groups excluding carboxylic acids is 2. The van der Waals surface area contributed by atoms with Crippen molar-refractivity contribution in [3.8, 4) is 5.75 Å². The lowest BCUT2D eigenvalue weighted by Crippen LogP contribution is -2.31. The zero-order valence-electron chi connectivity index (χ0n) is 11.0. The molecular formula is C13H16N2O5. The van der Waals surface area contributed by atoms with Gasteiger partial charge in [-0.05, 0) is 30.7 Å². The largest absolute Gasteiger partial charge is 0.480 e. The van der Waals surface area contributed by atoms with Crippen LogP contribution in [0, 0.1) is 0 Å². The number of aliphatic carboxylic acids is 1. The van der Waals surface area contributed by atoms with Gasteiger partial charge in [0.15, 0.2) is 0 Å². The second-order valence-corrected chi connectivity index (χ2v) is 4.16. The third kappa shape index (κ3) is 5.49. The average Bonchev–Trinajstić information content (AvgIpc) is 2.37. The summed E-state index contributed by atoms with van der Waals surface area (Å²) in [4.78, 5) is 32.8. The van der Waals surface area contributed by atoms with Gasteiger partial charge in [0.1, 0.15) is 11.8 Å². The topological polar surface area (TPSA) is 119 Å². The van der Waals surface area contributed by atoms with Gasteiger partial charge in [-0.1, -0.05) is 0 Å². The van der Waals surface area contributed by atoms with E-state index < -0.39 is 18.0 Å². The zero-order chi connectivity index (χ0) is 15.1. The van der Waals surface area contributed by atoms with Gasteiger partial charge in [-0.25, -0.2) is 0 Å². The fourth-order valence-electron chi connectivity index (χ4n) is 1.39. The van der Waals surface area contributed by atoms with Crippen molar-refractivity contribution in [1.82, 2.24) is 0 Å². The molecule has 1 rings (SSSR count). The molecule has 0 saturated carbocycles. The summed E-state index contributed by atoms with van der Waals surface area (Å²) in [6.45, 7) is 1.39. The third-order valence-corrected chi connectivity index (χ3v) is 2.38. The highest BCUT2D eigenvalue weighted by atomic mass is 16.5. The van der Waals surface area contributed by atoms with Gasteiger partial charge in [0, 0.05) is 19.0 Å². The van der Waals surface area contributed by atoms with Gasteiger partial charge < -0.3 is 20.9 Å². The molecule has 1 amide bonds. The number of hydrogen-bond acceptors (Lipinski definition) is 5. The SMILES string of the molecule is CC(=O)Nc1ccc(OC(=O)CCC(N)C(=O)O)cc1. The van der Waals surface area contributed by atoms with Crippen LogP contribution >= 0.6 is 0 Å². The number of amides is 1. The maximum Gasteiger partial charge on any atom is 0.320 e. The van der Waals surface area contributed by atoms with E-state index in [-0.39, 0.29) is 18.7 Å². The van der Waals surface area contributed by atoms with Crippen molar-refractivity contribution in [2.45, 2.75) is 25.8 Å². The van der Waals surface area contributed by atoms with Crippen LogP contribution in [0.5, 0.6) is 5.75 Å². The average molecular weight is 280 g/mol. The smallest absolute Gasteiger partial charge is 0.320 e. The number of carboxylic acids is 1. The number of nitrogens with one attached hydrogen (secondary N) is 1. The molecule has 1 unspecified atom stereocenters. The van der Waals surface area contributed by atoms with Crippen molar-refractivity contribution in [3.63, 3.8) is 0 Å². The molecule has 0 spiro atoms. The molecule has 0 heterocycles. The van der Waals surface area contributed by atoms with Gasteiger partial charge in [0.2, 0.25) is 5.91 Å². The summed E-state index contributed by atoms with van der Waals surface area (Å²) in [5.74, 6) is -1.60. The first kappa shape index (κ1) is 15.6. The van der Waals surface area contributed by atoms with Gasteiger partial charge in [-0.3, -0.25) is 14.4 Å². The van der Waals surface area contributed by atoms with E-state index in [1.54, 1.807) is 12.1 Å². The Hall–Kier alpha value is -2.41. The maximum absolute atomic E-state index is 11.5. The Morgan fingerprint density at radius 3 is 2.40 bits per heavy atom. The number of nitrogens with two attached hydrogens (primary N) is 1. The van der Waals surface area contributed by atoms with E-state index >= 15 is 0 Å². The van der Waals surface area contributed by atoms with E-state index in [1.807, 2.05) is 0 Å². The van der Waals surface area contributed by atoms with Crippen molar-refractivity contribution in [2.24, 2.45) is 5.73 Å². The number of carbonyl (C=O) groups is 3. The molecule has 0 aliphatic heterocycles. The van der Waals surface area contributed by atoms with Gasteiger partial charge in [0.05, 0.1) is 0 Å². The summed E-state index contributed by atoms with van der Waals surface area (Å²) >= 11 is 0. The lowest BCUT2D eigenvalue weighted by atomic mass is 10.2. The molecule has 0 radical (unpaired) electrons. The summed E-state index contributed by atoms with van der Waals surface area (Å²) < 4.78 is 5.00. The lowest BCUT2D eigenvalue weighted by molar-refractivity contribution is -0.139. The molecular weight excluding hydrogens is 264 g/mol. The molecule has 4 N–H and O–H groups in total. The molecule has 0 aromatic heterocycles. The Labute approximate surface area is 115 Å². The predicted molar refractivity (Wildman–Crippen MR) is 71.2 cm³/mol. The van der Waals surface area contributed by atoms with Crippen molar-refractivity contribution in [2.75, 3.05) is 5.32 Å². The van der Waals surface area contributed by atoms with E-state index in [4.69, 9.17) is 15.6 Å². The van der Waals surface area contributed by atoms with Gasteiger partial charge in [-0.15, -0.1) is 0 Å². The van der Waals surface area contributed by atoms with E-state index in [2.05, 4.69) is 5.32 Å². The Morgan fingerprint density at radius 2 is 1.90 bits per heavy atom. The number of hydrogen-bond donors (Lipinski definition) is 3. The summed E-state index contributed by atoms with van der Waals surface area (Å²) in [6.07, 6.45) is -0.0704. The van der Waals surface area contributed by atoms with E-state index in [1.165, 1.54) is 19.1 Å². The van der Waals surface area contributed by atoms with Crippen molar-refractivity contribution >= 4 is 23.5 Å². The van der Waals surface area contributed by atoms with Crippen molar-refractivity contribution in [1.29, 1.82) is 0 Å². The molecule has 0 fully saturated rings. The van der Waals surface area contributed by atoms with Crippen LogP contribution in [-0.2, 0) is 14.4 Å². The molecule has 20 heavy (non-hydrogen) atoms. The van der Waals surface area contributed by atoms with Crippen LogP contribution in [0.15, 0.2) is 24.3 Å². The van der Waals surface area contributed by atoms with Gasteiger partial charge >= 0.3 is 11.9 Å². The van der Waals surface area contributed by atoms with Gasteiger partial charge in [-0.2, -0.15) is 0 Å². The minimum Gasteiger partial charge on any atom is -0.480 e. The highest BCUT2D eigenvalue weighted by molar-refractivity contribution is 5.88. The Bertz CT molecular complexity index is 498. The summed E-state index contributed by atoms with van der Waals surface area (Å²) in [6, 6.07) is 5.16. The highest BCUT2D eigenvalue weighted by Gasteiger charge is 2.14. The molecule has 0 bridgehead atoms. The molecule has 0 aliphatic carbocycles. The molecule has 7 nitrogen and oxygen atoms in total. The van der Waals surface area contributed by atoms with Crippen LogP contribution in [0.3, 0.4) is 0 Å². The van der Waals surface area contributed by atoms with E-state index in [0.29, 0.717) is 11.4 Å². The first-order valence-electron chi connectivity index (χ1n) is 5.95. The van der Waals surface area contributed by atoms with Crippen LogP contribution in [-0.4, -0.2) is 29.0 Å². The number of carboxylic acid groups (broad SMARTS) is 1. The molecule has 0 aliphatic rings. The minimum absolute atomic E-state index is 0.0120. The molecule has 1 atom stereocenters. The standard InChI is InChI=1S/C13H16N2O5/c1-8(16)15-9-2-4-10(5-3-9)20-12(17)7-6-11(14)13(18)19/h2-5,11H,6-7,14H2,1H3,(H,15,16)(H,18,19). The second-order valence-electron chi connectivity index (χ2n) is 4.16. The fraction of sp³-hybridized carbons (Fsp3) is 0.308. The first-order chi connectivity index (χ1) is 9.38. The van der Waals surface area contributed by atoms with Crippen LogP contribution in [0.4, 0.5) is 5.69 Å². The number of rotatable bonds is 6. The zero-order valence-corrected chi connectivity index (χ0v) is 11.0. The predicted octanol–water partition coefficient (Wildman–Crippen LogP) is 0.742. The summed E-state index contributed by atoms with van der Waals surface area (Å²) in [5.41, 5.74) is 5.87. The molecule has 7 heteroatoms. The third-order valence-electron chi connectivity index (χ3n) is 2.38. The first-order valence-corrected chi connectivity index (χ1v) is 5.95. The van der Waals surface area contributed by atoms with Crippen LogP contribution in [0.25, 0.3) is 0 Å².